The Labute approximate surface area is 96.8 Å². The maximum Gasteiger partial charge on any atom is 0.269 e. The van der Waals surface area contributed by atoms with E-state index in [4.69, 9.17) is 5.11 Å². The molecule has 5 heteroatoms. The van der Waals surface area contributed by atoms with Crippen LogP contribution in [0.4, 0.5) is 0 Å². The first kappa shape index (κ1) is 12.1. The molecule has 4 nitrogen and oxygen atoms in total. The first-order valence-corrected chi connectivity index (χ1v) is 5.44. The third-order valence-corrected chi connectivity index (χ3v) is 2.31. The second kappa shape index (κ2) is 5.82. The summed E-state index contributed by atoms with van der Waals surface area (Å²) in [5.74, 6) is -0.169. The molecule has 1 atom stereocenters. The van der Waals surface area contributed by atoms with E-state index in [2.05, 4.69) is 26.2 Å². The highest BCUT2D eigenvalue weighted by Gasteiger charge is 2.08. The largest absolute Gasteiger partial charge is 0.396 e. The quantitative estimate of drug-likeness (QED) is 0.810. The summed E-state index contributed by atoms with van der Waals surface area (Å²) >= 11 is 3.19. The fourth-order valence-corrected chi connectivity index (χ4v) is 1.30. The summed E-state index contributed by atoms with van der Waals surface area (Å²) in [4.78, 5) is 15.6. The first-order valence-electron chi connectivity index (χ1n) is 4.65. The van der Waals surface area contributed by atoms with Crippen molar-refractivity contribution < 1.29 is 9.90 Å². The molecule has 0 saturated carbocycles. The lowest BCUT2D eigenvalue weighted by atomic mass is 10.2. The van der Waals surface area contributed by atoms with Crippen molar-refractivity contribution in [1.29, 1.82) is 0 Å². The zero-order valence-corrected chi connectivity index (χ0v) is 9.99. The number of amides is 1. The summed E-state index contributed by atoms with van der Waals surface area (Å²) in [6, 6.07) is 5.15. The van der Waals surface area contributed by atoms with Gasteiger partial charge >= 0.3 is 0 Å². The number of nitrogens with zero attached hydrogens (tertiary/aromatic N) is 1. The third-order valence-electron chi connectivity index (χ3n) is 1.87. The molecule has 0 saturated heterocycles. The molecule has 0 fully saturated rings. The monoisotopic (exact) mass is 272 g/mol. The van der Waals surface area contributed by atoms with Crippen molar-refractivity contribution in [2.75, 3.05) is 13.2 Å². The molecule has 0 bridgehead atoms. The van der Waals surface area contributed by atoms with Crippen LogP contribution in [-0.2, 0) is 0 Å². The molecule has 15 heavy (non-hydrogen) atoms. The van der Waals surface area contributed by atoms with Crippen LogP contribution in [-0.4, -0.2) is 29.1 Å². The molecule has 0 aliphatic heterocycles. The van der Waals surface area contributed by atoms with Gasteiger partial charge in [-0.2, -0.15) is 0 Å². The van der Waals surface area contributed by atoms with E-state index in [1.54, 1.807) is 18.2 Å². The van der Waals surface area contributed by atoms with Crippen LogP contribution in [0.5, 0.6) is 0 Å². The average Bonchev–Trinajstić information content (AvgIpc) is 2.25. The van der Waals surface area contributed by atoms with Crippen molar-refractivity contribution in [2.24, 2.45) is 5.92 Å². The lowest BCUT2D eigenvalue weighted by Crippen LogP contribution is -2.30. The van der Waals surface area contributed by atoms with Gasteiger partial charge in [-0.1, -0.05) is 13.0 Å². The summed E-state index contributed by atoms with van der Waals surface area (Å²) in [7, 11) is 0. The number of hydrogen-bond acceptors (Lipinski definition) is 3. The Morgan fingerprint density at radius 2 is 2.40 bits per heavy atom. The van der Waals surface area contributed by atoms with E-state index < -0.39 is 0 Å². The third kappa shape index (κ3) is 3.97. The molecule has 0 spiro atoms. The molecule has 1 heterocycles. The summed E-state index contributed by atoms with van der Waals surface area (Å²) in [6.07, 6.45) is 0. The van der Waals surface area contributed by atoms with E-state index in [1.165, 1.54) is 0 Å². The minimum Gasteiger partial charge on any atom is -0.396 e. The second-order valence-electron chi connectivity index (χ2n) is 3.34. The van der Waals surface area contributed by atoms with E-state index in [-0.39, 0.29) is 18.4 Å². The van der Waals surface area contributed by atoms with Gasteiger partial charge in [-0.3, -0.25) is 4.79 Å². The number of rotatable bonds is 4. The summed E-state index contributed by atoms with van der Waals surface area (Å²) in [5, 5.41) is 11.5. The number of carbonyl (C=O) groups is 1. The Hall–Kier alpha value is -0.940. The molecule has 82 valence electrons. The predicted octanol–water partition coefficient (Wildman–Crippen LogP) is 1.20. The Balaban J connectivity index is 2.54. The van der Waals surface area contributed by atoms with Crippen LogP contribution in [0.15, 0.2) is 22.8 Å². The van der Waals surface area contributed by atoms with Gasteiger partial charge in [0.05, 0.1) is 0 Å². The Kier molecular flexibility index (Phi) is 4.71. The molecule has 1 amide bonds. The van der Waals surface area contributed by atoms with E-state index in [9.17, 15) is 4.79 Å². The lowest BCUT2D eigenvalue weighted by Gasteiger charge is -2.09. The summed E-state index contributed by atoms with van der Waals surface area (Å²) in [5.41, 5.74) is 0.370. The van der Waals surface area contributed by atoms with Gasteiger partial charge in [-0.25, -0.2) is 4.98 Å². The number of aliphatic hydroxyl groups is 1. The predicted molar refractivity (Wildman–Crippen MR) is 60.5 cm³/mol. The summed E-state index contributed by atoms with van der Waals surface area (Å²) in [6.45, 7) is 2.37. The molecule has 0 aliphatic carbocycles. The number of halogens is 1. The van der Waals surface area contributed by atoms with Crippen molar-refractivity contribution >= 4 is 21.8 Å². The smallest absolute Gasteiger partial charge is 0.269 e. The molecule has 0 aromatic carbocycles. The summed E-state index contributed by atoms with van der Waals surface area (Å²) < 4.78 is 0.630. The van der Waals surface area contributed by atoms with Crippen LogP contribution in [0.1, 0.15) is 17.4 Å². The number of pyridine rings is 1. The topological polar surface area (TPSA) is 62.2 Å². The van der Waals surface area contributed by atoms with Gasteiger partial charge in [0.15, 0.2) is 0 Å². The van der Waals surface area contributed by atoms with Crippen molar-refractivity contribution in [3.63, 3.8) is 0 Å². The van der Waals surface area contributed by atoms with Gasteiger partial charge < -0.3 is 10.4 Å². The first-order chi connectivity index (χ1) is 7.13. The Morgan fingerprint density at radius 3 is 3.00 bits per heavy atom. The van der Waals surface area contributed by atoms with Crippen LogP contribution < -0.4 is 5.32 Å². The zero-order chi connectivity index (χ0) is 11.3. The number of nitrogens with one attached hydrogen (secondary N) is 1. The SMILES string of the molecule is CC(CO)CNC(=O)c1cccc(Br)n1. The van der Waals surface area contributed by atoms with Crippen molar-refractivity contribution in [3.05, 3.63) is 28.5 Å². The van der Waals surface area contributed by atoms with Crippen LogP contribution in [0.25, 0.3) is 0 Å². The van der Waals surface area contributed by atoms with Crippen LogP contribution in [0, 0.1) is 5.92 Å². The minimum absolute atomic E-state index is 0.0566. The second-order valence-corrected chi connectivity index (χ2v) is 4.16. The fraction of sp³-hybridized carbons (Fsp3) is 0.400. The maximum absolute atomic E-state index is 11.5. The maximum atomic E-state index is 11.5. The van der Waals surface area contributed by atoms with Gasteiger partial charge in [0.1, 0.15) is 10.3 Å². The number of aromatic nitrogens is 1. The average molecular weight is 273 g/mol. The Bertz CT molecular complexity index is 344. The number of carbonyl (C=O) groups excluding carboxylic acids is 1. The molecule has 0 aliphatic rings. The van der Waals surface area contributed by atoms with E-state index in [0.29, 0.717) is 16.8 Å². The van der Waals surface area contributed by atoms with E-state index in [1.807, 2.05) is 6.92 Å². The molecule has 2 N–H and O–H groups in total. The van der Waals surface area contributed by atoms with E-state index in [0.717, 1.165) is 0 Å². The zero-order valence-electron chi connectivity index (χ0n) is 8.40. The van der Waals surface area contributed by atoms with Crippen LogP contribution in [0.2, 0.25) is 0 Å². The highest BCUT2D eigenvalue weighted by Crippen LogP contribution is 2.06. The van der Waals surface area contributed by atoms with Crippen molar-refractivity contribution in [2.45, 2.75) is 6.92 Å². The lowest BCUT2D eigenvalue weighted by molar-refractivity contribution is 0.0937. The van der Waals surface area contributed by atoms with Crippen molar-refractivity contribution in [1.82, 2.24) is 10.3 Å². The molecular weight excluding hydrogens is 260 g/mol. The van der Waals surface area contributed by atoms with Crippen LogP contribution in [0.3, 0.4) is 0 Å². The van der Waals surface area contributed by atoms with Gasteiger partial charge in [-0.05, 0) is 34.0 Å². The van der Waals surface area contributed by atoms with Gasteiger partial charge in [0, 0.05) is 13.2 Å². The van der Waals surface area contributed by atoms with E-state index >= 15 is 0 Å². The van der Waals surface area contributed by atoms with Crippen molar-refractivity contribution in [3.8, 4) is 0 Å². The molecule has 1 aromatic rings. The normalized spacial score (nSPS) is 12.2. The minimum atomic E-state index is -0.225. The standard InChI is InChI=1S/C10H13BrN2O2/c1-7(6-14)5-12-10(15)8-3-2-4-9(11)13-8/h2-4,7,14H,5-6H2,1H3,(H,12,15). The molecule has 1 rings (SSSR count). The Morgan fingerprint density at radius 1 is 1.67 bits per heavy atom. The molecule has 0 radical (unpaired) electrons. The molecule has 1 aromatic heterocycles. The fourth-order valence-electron chi connectivity index (χ4n) is 0.957. The van der Waals surface area contributed by atoms with Gasteiger partial charge in [0.2, 0.25) is 0 Å². The highest BCUT2D eigenvalue weighted by atomic mass is 79.9. The van der Waals surface area contributed by atoms with Crippen LogP contribution >= 0.6 is 15.9 Å². The molecular formula is C10H13BrN2O2. The molecule has 1 unspecified atom stereocenters. The number of aliphatic hydroxyl groups excluding tert-OH is 1. The number of hydrogen-bond donors (Lipinski definition) is 2. The van der Waals surface area contributed by atoms with Gasteiger partial charge in [-0.15, -0.1) is 0 Å². The van der Waals surface area contributed by atoms with Gasteiger partial charge in [0.25, 0.3) is 5.91 Å². The highest BCUT2D eigenvalue weighted by molar-refractivity contribution is 9.10.